The fourth-order valence-electron chi connectivity index (χ4n) is 3.68. The number of carbonyl (C=O) groups excluding carboxylic acids is 1. The molecule has 0 aliphatic carbocycles. The number of hydrogen-bond acceptors (Lipinski definition) is 3. The highest BCUT2D eigenvalue weighted by atomic mass is 16.2. The van der Waals surface area contributed by atoms with Crippen molar-refractivity contribution in [3.63, 3.8) is 0 Å². The van der Waals surface area contributed by atoms with Gasteiger partial charge in [-0.25, -0.2) is 4.98 Å². The van der Waals surface area contributed by atoms with Crippen molar-refractivity contribution in [1.29, 1.82) is 0 Å². The van der Waals surface area contributed by atoms with Crippen molar-refractivity contribution in [2.24, 2.45) is 0 Å². The van der Waals surface area contributed by atoms with Crippen molar-refractivity contribution in [3.8, 4) is 5.69 Å². The lowest BCUT2D eigenvalue weighted by Crippen LogP contribution is -2.44. The summed E-state index contributed by atoms with van der Waals surface area (Å²) in [6, 6.07) is 14.9. The second-order valence-corrected chi connectivity index (χ2v) is 7.59. The Kier molecular flexibility index (Phi) is 6.16. The van der Waals surface area contributed by atoms with Crippen molar-refractivity contribution < 1.29 is 4.79 Å². The first kappa shape index (κ1) is 20.8. The van der Waals surface area contributed by atoms with E-state index in [1.54, 1.807) is 22.8 Å². The van der Waals surface area contributed by atoms with Gasteiger partial charge in [0.1, 0.15) is 5.82 Å². The van der Waals surface area contributed by atoms with Crippen LogP contribution in [-0.2, 0) is 0 Å². The lowest BCUT2D eigenvalue weighted by molar-refractivity contribution is 0.0598. The van der Waals surface area contributed by atoms with E-state index in [1.165, 1.54) is 0 Å². The molecule has 0 radical (unpaired) electrons. The number of nitrogens with zero attached hydrogens (tertiary/aromatic N) is 3. The third-order valence-electron chi connectivity index (χ3n) is 5.68. The Bertz CT molecular complexity index is 1060. The number of carbonyl (C=O) groups is 1. The number of benzene rings is 2. The molecule has 5 heteroatoms. The highest BCUT2D eigenvalue weighted by molar-refractivity contribution is 5.94. The molecule has 0 unspecified atom stereocenters. The van der Waals surface area contributed by atoms with Crippen LogP contribution in [0.25, 0.3) is 16.6 Å². The van der Waals surface area contributed by atoms with Crippen LogP contribution in [0, 0.1) is 6.92 Å². The second kappa shape index (κ2) is 8.60. The standard InChI is InChI=1S/C24H29N3O2/c1-6-16(3)26(17(4)7-2)23(28)19-12-14-20(15-13-19)27-18(5)25-22-11-9-8-10-21(22)24(27)29/h8-17H,6-7H2,1-5H3/t16-,17-/m0/s1. The van der Waals surface area contributed by atoms with Gasteiger partial charge in [0.2, 0.25) is 0 Å². The summed E-state index contributed by atoms with van der Waals surface area (Å²) in [6.07, 6.45) is 1.82. The predicted octanol–water partition coefficient (Wildman–Crippen LogP) is 4.73. The maximum Gasteiger partial charge on any atom is 0.265 e. The first-order valence-corrected chi connectivity index (χ1v) is 10.3. The summed E-state index contributed by atoms with van der Waals surface area (Å²) in [6.45, 7) is 10.2. The highest BCUT2D eigenvalue weighted by Gasteiger charge is 2.24. The fourth-order valence-corrected chi connectivity index (χ4v) is 3.68. The fraction of sp³-hybridized carbons (Fsp3) is 0.375. The predicted molar refractivity (Wildman–Crippen MR) is 118 cm³/mol. The van der Waals surface area contributed by atoms with Gasteiger partial charge in [-0.05, 0) is 70.0 Å². The van der Waals surface area contributed by atoms with Gasteiger partial charge in [0, 0.05) is 17.6 Å². The van der Waals surface area contributed by atoms with E-state index in [9.17, 15) is 9.59 Å². The van der Waals surface area contributed by atoms with Crippen molar-refractivity contribution >= 4 is 16.8 Å². The molecule has 1 aromatic heterocycles. The molecule has 0 saturated heterocycles. The van der Waals surface area contributed by atoms with Crippen molar-refractivity contribution in [2.75, 3.05) is 0 Å². The summed E-state index contributed by atoms with van der Waals surface area (Å²) in [5, 5.41) is 0.581. The van der Waals surface area contributed by atoms with E-state index in [-0.39, 0.29) is 23.6 Å². The van der Waals surface area contributed by atoms with Crippen LogP contribution in [0.15, 0.2) is 53.3 Å². The molecule has 0 aliphatic heterocycles. The van der Waals surface area contributed by atoms with Crippen LogP contribution < -0.4 is 5.56 Å². The third kappa shape index (κ3) is 3.95. The Morgan fingerprint density at radius 1 is 1.00 bits per heavy atom. The SMILES string of the molecule is CC[C@H](C)N(C(=O)c1ccc(-n2c(C)nc3ccccc3c2=O)cc1)[C@@H](C)CC. The molecule has 5 nitrogen and oxygen atoms in total. The normalized spacial score (nSPS) is 13.3. The molecule has 29 heavy (non-hydrogen) atoms. The monoisotopic (exact) mass is 391 g/mol. The van der Waals surface area contributed by atoms with E-state index in [2.05, 4.69) is 32.7 Å². The molecule has 3 aromatic rings. The summed E-state index contributed by atoms with van der Waals surface area (Å²) in [7, 11) is 0. The largest absolute Gasteiger partial charge is 0.333 e. The zero-order valence-corrected chi connectivity index (χ0v) is 17.8. The molecule has 0 aliphatic rings. The summed E-state index contributed by atoms with van der Waals surface area (Å²) in [5.41, 5.74) is 1.93. The van der Waals surface area contributed by atoms with Crippen molar-refractivity contribution in [1.82, 2.24) is 14.5 Å². The quantitative estimate of drug-likeness (QED) is 0.610. The molecule has 3 rings (SSSR count). The molecule has 152 valence electrons. The van der Waals surface area contributed by atoms with E-state index >= 15 is 0 Å². The summed E-state index contributed by atoms with van der Waals surface area (Å²) in [5.74, 6) is 0.648. The van der Waals surface area contributed by atoms with Crippen LogP contribution in [0.5, 0.6) is 0 Å². The average molecular weight is 392 g/mol. The van der Waals surface area contributed by atoms with Crippen LogP contribution >= 0.6 is 0 Å². The number of hydrogen-bond donors (Lipinski definition) is 0. The molecule has 1 amide bonds. The highest BCUT2D eigenvalue weighted by Crippen LogP contribution is 2.19. The molecule has 0 N–H and O–H groups in total. The molecule has 1 heterocycles. The molecule has 0 saturated carbocycles. The number of fused-ring (bicyclic) bond motifs is 1. The zero-order valence-electron chi connectivity index (χ0n) is 17.8. The molecule has 2 aromatic carbocycles. The average Bonchev–Trinajstić information content (AvgIpc) is 2.74. The van der Waals surface area contributed by atoms with Crippen LogP contribution in [-0.4, -0.2) is 32.4 Å². The maximum absolute atomic E-state index is 13.1. The van der Waals surface area contributed by atoms with Gasteiger partial charge in [-0.3, -0.25) is 14.2 Å². The number of amides is 1. The van der Waals surface area contributed by atoms with E-state index < -0.39 is 0 Å². The van der Waals surface area contributed by atoms with E-state index in [4.69, 9.17) is 0 Å². The van der Waals surface area contributed by atoms with Crippen LogP contribution in [0.2, 0.25) is 0 Å². The van der Waals surface area contributed by atoms with Crippen LogP contribution in [0.3, 0.4) is 0 Å². The summed E-state index contributed by atoms with van der Waals surface area (Å²) < 4.78 is 1.59. The van der Waals surface area contributed by atoms with Gasteiger partial charge in [-0.1, -0.05) is 26.0 Å². The minimum absolute atomic E-state index is 0.0287. The number of rotatable bonds is 6. The Morgan fingerprint density at radius 2 is 1.59 bits per heavy atom. The van der Waals surface area contributed by atoms with E-state index in [0.717, 1.165) is 12.8 Å². The van der Waals surface area contributed by atoms with Gasteiger partial charge in [0.15, 0.2) is 0 Å². The van der Waals surface area contributed by atoms with Crippen LogP contribution in [0.1, 0.15) is 56.7 Å². The maximum atomic E-state index is 13.1. The first-order chi connectivity index (χ1) is 13.9. The molecule has 0 fully saturated rings. The van der Waals surface area contributed by atoms with Crippen molar-refractivity contribution in [2.45, 2.75) is 59.5 Å². The van der Waals surface area contributed by atoms with Crippen molar-refractivity contribution in [3.05, 3.63) is 70.3 Å². The molecule has 2 atom stereocenters. The number of para-hydroxylation sites is 1. The van der Waals surface area contributed by atoms with Crippen LogP contribution in [0.4, 0.5) is 0 Å². The number of aryl methyl sites for hydroxylation is 1. The third-order valence-corrected chi connectivity index (χ3v) is 5.68. The molecular weight excluding hydrogens is 362 g/mol. The smallest absolute Gasteiger partial charge is 0.265 e. The Balaban J connectivity index is 2.00. The zero-order chi connectivity index (χ0) is 21.1. The first-order valence-electron chi connectivity index (χ1n) is 10.3. The minimum atomic E-state index is -0.104. The minimum Gasteiger partial charge on any atom is -0.333 e. The number of aromatic nitrogens is 2. The second-order valence-electron chi connectivity index (χ2n) is 7.59. The molecular formula is C24H29N3O2. The molecule has 0 bridgehead atoms. The summed E-state index contributed by atoms with van der Waals surface area (Å²) in [4.78, 5) is 32.6. The van der Waals surface area contributed by atoms with Gasteiger partial charge in [-0.15, -0.1) is 0 Å². The van der Waals surface area contributed by atoms with Gasteiger partial charge in [0.25, 0.3) is 11.5 Å². The Hall–Kier alpha value is -2.95. The topological polar surface area (TPSA) is 55.2 Å². The molecule has 0 spiro atoms. The van der Waals surface area contributed by atoms with E-state index in [0.29, 0.717) is 28.0 Å². The van der Waals surface area contributed by atoms with Gasteiger partial charge in [0.05, 0.1) is 16.6 Å². The Morgan fingerprint density at radius 3 is 2.17 bits per heavy atom. The lowest BCUT2D eigenvalue weighted by Gasteiger charge is -2.34. The van der Waals surface area contributed by atoms with Gasteiger partial charge >= 0.3 is 0 Å². The Labute approximate surface area is 172 Å². The van der Waals surface area contributed by atoms with E-state index in [1.807, 2.05) is 42.2 Å². The van der Waals surface area contributed by atoms with Gasteiger partial charge < -0.3 is 4.90 Å². The lowest BCUT2D eigenvalue weighted by atomic mass is 10.1. The summed E-state index contributed by atoms with van der Waals surface area (Å²) >= 11 is 0. The van der Waals surface area contributed by atoms with Gasteiger partial charge in [-0.2, -0.15) is 0 Å².